The van der Waals surface area contributed by atoms with Gasteiger partial charge in [0, 0.05) is 39.9 Å². The number of aromatic nitrogens is 1. The molecule has 2 nitrogen and oxygen atoms in total. The minimum absolute atomic E-state index is 0.00444. The van der Waals surface area contributed by atoms with Crippen LogP contribution in [-0.2, 0) is 5.41 Å². The Kier molecular flexibility index (Phi) is 3.38. The molecule has 1 aliphatic heterocycles. The highest BCUT2D eigenvalue weighted by Gasteiger charge is 2.39. The van der Waals surface area contributed by atoms with Crippen LogP contribution in [0.3, 0.4) is 0 Å². The van der Waals surface area contributed by atoms with Gasteiger partial charge < -0.3 is 0 Å². The Labute approximate surface area is 123 Å². The summed E-state index contributed by atoms with van der Waals surface area (Å²) in [5, 5.41) is 0. The maximum atomic E-state index is 12.8. The summed E-state index contributed by atoms with van der Waals surface area (Å²) < 4.78 is 0. The zero-order valence-electron chi connectivity index (χ0n) is 11.7. The number of ketones is 1. The number of benzene rings is 1. The standard InChI is InChI=1S/C17H17NOS/c1-17(2,12-7-9-18-10-8-12)14-11-20-15-6-4-3-5-13(15)16(14)19/h3-10,14H,11H2,1-2H3. The first-order valence-corrected chi connectivity index (χ1v) is 7.76. The Bertz CT molecular complexity index is 636. The topological polar surface area (TPSA) is 30.0 Å². The zero-order chi connectivity index (χ0) is 14.2. The lowest BCUT2D eigenvalue weighted by Gasteiger charge is -2.36. The first kappa shape index (κ1) is 13.4. The molecule has 1 atom stereocenters. The maximum Gasteiger partial charge on any atom is 0.168 e. The second-order valence-corrected chi connectivity index (χ2v) is 6.74. The molecule has 1 unspecified atom stereocenters. The Balaban J connectivity index is 1.98. The summed E-state index contributed by atoms with van der Waals surface area (Å²) in [6, 6.07) is 11.9. The van der Waals surface area contributed by atoms with Crippen molar-refractivity contribution in [2.45, 2.75) is 24.2 Å². The number of thioether (sulfide) groups is 1. The van der Waals surface area contributed by atoms with Gasteiger partial charge in [0.1, 0.15) is 0 Å². The van der Waals surface area contributed by atoms with Crippen LogP contribution in [0.2, 0.25) is 0 Å². The lowest BCUT2D eigenvalue weighted by molar-refractivity contribution is 0.0877. The number of nitrogens with zero attached hydrogens (tertiary/aromatic N) is 1. The van der Waals surface area contributed by atoms with Gasteiger partial charge in [-0.2, -0.15) is 0 Å². The van der Waals surface area contributed by atoms with Crippen molar-refractivity contribution in [3.8, 4) is 0 Å². The van der Waals surface area contributed by atoms with Crippen LogP contribution in [0.25, 0.3) is 0 Å². The minimum atomic E-state index is -0.180. The van der Waals surface area contributed by atoms with Gasteiger partial charge in [-0.25, -0.2) is 0 Å². The van der Waals surface area contributed by atoms with Crippen LogP contribution in [0.5, 0.6) is 0 Å². The molecule has 0 aliphatic carbocycles. The molecule has 3 rings (SSSR count). The quantitative estimate of drug-likeness (QED) is 0.835. The van der Waals surface area contributed by atoms with E-state index in [1.807, 2.05) is 36.4 Å². The highest BCUT2D eigenvalue weighted by atomic mass is 32.2. The van der Waals surface area contributed by atoms with Gasteiger partial charge in [0.05, 0.1) is 0 Å². The van der Waals surface area contributed by atoms with Gasteiger partial charge in [0.25, 0.3) is 0 Å². The van der Waals surface area contributed by atoms with E-state index in [9.17, 15) is 4.79 Å². The summed E-state index contributed by atoms with van der Waals surface area (Å²) >= 11 is 1.79. The van der Waals surface area contributed by atoms with Gasteiger partial charge in [-0.3, -0.25) is 9.78 Å². The van der Waals surface area contributed by atoms with Crippen LogP contribution in [0, 0.1) is 5.92 Å². The fourth-order valence-corrected chi connectivity index (χ4v) is 4.16. The van der Waals surface area contributed by atoms with E-state index < -0.39 is 0 Å². The molecule has 0 saturated carbocycles. The Hall–Kier alpha value is -1.61. The van der Waals surface area contributed by atoms with E-state index in [1.54, 1.807) is 24.2 Å². The summed E-state index contributed by atoms with van der Waals surface area (Å²) in [4.78, 5) is 18.0. The number of carbonyl (C=O) groups excluding carboxylic acids is 1. The molecule has 2 aromatic rings. The van der Waals surface area contributed by atoms with Crippen molar-refractivity contribution in [1.82, 2.24) is 4.98 Å². The predicted molar refractivity (Wildman–Crippen MR) is 82.2 cm³/mol. The van der Waals surface area contributed by atoms with Crippen LogP contribution in [-0.4, -0.2) is 16.5 Å². The smallest absolute Gasteiger partial charge is 0.168 e. The molecule has 0 fully saturated rings. The van der Waals surface area contributed by atoms with Gasteiger partial charge in [0.15, 0.2) is 5.78 Å². The molecule has 1 aromatic heterocycles. The van der Waals surface area contributed by atoms with Gasteiger partial charge >= 0.3 is 0 Å². The van der Waals surface area contributed by atoms with Gasteiger partial charge in [-0.15, -0.1) is 11.8 Å². The number of Topliss-reactive ketones (excluding diaryl/α,β-unsaturated/α-hetero) is 1. The van der Waals surface area contributed by atoms with Crippen molar-refractivity contribution >= 4 is 17.5 Å². The second-order valence-electron chi connectivity index (χ2n) is 5.68. The molecule has 2 heterocycles. The molecule has 0 amide bonds. The van der Waals surface area contributed by atoms with Crippen molar-refractivity contribution in [3.05, 3.63) is 59.9 Å². The van der Waals surface area contributed by atoms with Gasteiger partial charge in [0.2, 0.25) is 0 Å². The first-order chi connectivity index (χ1) is 9.60. The lowest BCUT2D eigenvalue weighted by atomic mass is 9.71. The number of rotatable bonds is 2. The second kappa shape index (κ2) is 5.06. The van der Waals surface area contributed by atoms with Crippen LogP contribution < -0.4 is 0 Å². The number of carbonyl (C=O) groups is 1. The van der Waals surface area contributed by atoms with E-state index in [0.717, 1.165) is 16.2 Å². The van der Waals surface area contributed by atoms with Crippen molar-refractivity contribution in [3.63, 3.8) is 0 Å². The predicted octanol–water partition coefficient (Wildman–Crippen LogP) is 3.96. The summed E-state index contributed by atoms with van der Waals surface area (Å²) in [6.45, 7) is 4.30. The molecule has 0 radical (unpaired) electrons. The van der Waals surface area contributed by atoms with Crippen molar-refractivity contribution in [2.24, 2.45) is 5.92 Å². The van der Waals surface area contributed by atoms with Crippen LogP contribution in [0.4, 0.5) is 0 Å². The summed E-state index contributed by atoms with van der Waals surface area (Å²) in [6.07, 6.45) is 3.59. The molecule has 102 valence electrons. The highest BCUT2D eigenvalue weighted by molar-refractivity contribution is 7.99. The Morgan fingerprint density at radius 3 is 2.60 bits per heavy atom. The molecule has 0 saturated heterocycles. The number of pyridine rings is 1. The molecule has 20 heavy (non-hydrogen) atoms. The third kappa shape index (κ3) is 2.16. The van der Waals surface area contributed by atoms with E-state index in [4.69, 9.17) is 0 Å². The Morgan fingerprint density at radius 1 is 1.15 bits per heavy atom. The van der Waals surface area contributed by atoms with E-state index in [1.165, 1.54) is 5.56 Å². The molecule has 1 aromatic carbocycles. The zero-order valence-corrected chi connectivity index (χ0v) is 12.5. The summed E-state index contributed by atoms with van der Waals surface area (Å²) in [7, 11) is 0. The molecule has 0 N–H and O–H groups in total. The van der Waals surface area contributed by atoms with Crippen molar-refractivity contribution in [1.29, 1.82) is 0 Å². The fraction of sp³-hybridized carbons (Fsp3) is 0.294. The Morgan fingerprint density at radius 2 is 1.85 bits per heavy atom. The normalized spacial score (nSPS) is 18.7. The molecule has 0 spiro atoms. The molecular formula is C17H17NOS. The average molecular weight is 283 g/mol. The SMILES string of the molecule is CC(C)(c1ccncc1)C1CSc2ccccc2C1=O. The van der Waals surface area contributed by atoms with Gasteiger partial charge in [-0.05, 0) is 23.8 Å². The third-order valence-corrected chi connectivity index (χ3v) is 5.34. The first-order valence-electron chi connectivity index (χ1n) is 6.77. The molecule has 0 bridgehead atoms. The summed E-state index contributed by atoms with van der Waals surface area (Å²) in [5.41, 5.74) is 1.86. The number of hydrogen-bond acceptors (Lipinski definition) is 3. The van der Waals surface area contributed by atoms with E-state index in [2.05, 4.69) is 18.8 Å². The number of hydrogen-bond donors (Lipinski definition) is 0. The largest absolute Gasteiger partial charge is 0.294 e. The maximum absolute atomic E-state index is 12.8. The van der Waals surface area contributed by atoms with Crippen molar-refractivity contribution in [2.75, 3.05) is 5.75 Å². The minimum Gasteiger partial charge on any atom is -0.294 e. The van der Waals surface area contributed by atoms with Crippen LogP contribution in [0.1, 0.15) is 29.8 Å². The fourth-order valence-electron chi connectivity index (χ4n) is 2.75. The highest BCUT2D eigenvalue weighted by Crippen LogP contribution is 2.42. The van der Waals surface area contributed by atoms with Crippen LogP contribution >= 0.6 is 11.8 Å². The third-order valence-electron chi connectivity index (χ3n) is 4.17. The molecular weight excluding hydrogens is 266 g/mol. The van der Waals surface area contributed by atoms with E-state index in [-0.39, 0.29) is 17.1 Å². The summed E-state index contributed by atoms with van der Waals surface area (Å²) in [5.74, 6) is 1.11. The van der Waals surface area contributed by atoms with Gasteiger partial charge in [-0.1, -0.05) is 32.0 Å². The van der Waals surface area contributed by atoms with Crippen molar-refractivity contribution < 1.29 is 4.79 Å². The van der Waals surface area contributed by atoms with E-state index >= 15 is 0 Å². The molecule has 1 aliphatic rings. The van der Waals surface area contributed by atoms with Crippen LogP contribution in [0.15, 0.2) is 53.7 Å². The van der Waals surface area contributed by atoms with E-state index in [0.29, 0.717) is 0 Å². The number of fused-ring (bicyclic) bond motifs is 1. The lowest BCUT2D eigenvalue weighted by Crippen LogP contribution is -2.38. The molecule has 3 heteroatoms. The monoisotopic (exact) mass is 283 g/mol. The average Bonchev–Trinajstić information content (AvgIpc) is 2.48.